The first-order valence-electron chi connectivity index (χ1n) is 7.07. The number of rotatable bonds is 1. The van der Waals surface area contributed by atoms with Crippen LogP contribution in [0.2, 0.25) is 0 Å². The summed E-state index contributed by atoms with van der Waals surface area (Å²) in [5.74, 6) is 0. The molecule has 2 nitrogen and oxygen atoms in total. The van der Waals surface area contributed by atoms with Gasteiger partial charge in [-0.2, -0.15) is 0 Å². The highest BCUT2D eigenvalue weighted by Gasteiger charge is 2.41. The Labute approximate surface area is 110 Å². The molecule has 98 valence electrons. The molecule has 0 aromatic heterocycles. The Hall–Kier alpha value is -0.860. The molecule has 1 aliphatic heterocycles. The summed E-state index contributed by atoms with van der Waals surface area (Å²) < 4.78 is 0. The molecule has 1 saturated carbocycles. The SMILES string of the molecule is CC1(C)CCCC(N2Cc3ccccc3C2)C1O. The van der Waals surface area contributed by atoms with Gasteiger partial charge in [-0.05, 0) is 29.4 Å². The summed E-state index contributed by atoms with van der Waals surface area (Å²) in [5.41, 5.74) is 2.94. The van der Waals surface area contributed by atoms with E-state index in [4.69, 9.17) is 0 Å². The number of benzene rings is 1. The van der Waals surface area contributed by atoms with Gasteiger partial charge in [0, 0.05) is 19.1 Å². The molecule has 1 aliphatic carbocycles. The smallest absolute Gasteiger partial charge is 0.0746 e. The first kappa shape index (κ1) is 12.2. The molecule has 1 heterocycles. The number of aliphatic hydroxyl groups excluding tert-OH is 1. The molecule has 2 heteroatoms. The molecule has 2 aliphatic rings. The Bertz CT molecular complexity index is 415. The Morgan fingerprint density at radius 1 is 1.17 bits per heavy atom. The molecule has 0 saturated heterocycles. The van der Waals surface area contributed by atoms with Crippen LogP contribution in [0.1, 0.15) is 44.2 Å². The molecule has 18 heavy (non-hydrogen) atoms. The zero-order chi connectivity index (χ0) is 12.8. The van der Waals surface area contributed by atoms with Gasteiger partial charge in [0.25, 0.3) is 0 Å². The summed E-state index contributed by atoms with van der Waals surface area (Å²) in [5, 5.41) is 10.6. The van der Waals surface area contributed by atoms with E-state index < -0.39 is 0 Å². The van der Waals surface area contributed by atoms with Crippen molar-refractivity contribution in [2.75, 3.05) is 0 Å². The number of nitrogens with zero attached hydrogens (tertiary/aromatic N) is 1. The van der Waals surface area contributed by atoms with Crippen LogP contribution in [0, 0.1) is 5.41 Å². The second-order valence-electron chi connectivity index (χ2n) is 6.57. The third-order valence-electron chi connectivity index (χ3n) is 4.82. The number of aliphatic hydroxyl groups is 1. The lowest BCUT2D eigenvalue weighted by atomic mass is 9.72. The van der Waals surface area contributed by atoms with Gasteiger partial charge in [0.1, 0.15) is 0 Å². The summed E-state index contributed by atoms with van der Waals surface area (Å²) in [6.07, 6.45) is 3.33. The second-order valence-corrected chi connectivity index (χ2v) is 6.57. The molecular weight excluding hydrogens is 222 g/mol. The zero-order valence-corrected chi connectivity index (χ0v) is 11.4. The van der Waals surface area contributed by atoms with Crippen molar-refractivity contribution in [1.82, 2.24) is 4.90 Å². The van der Waals surface area contributed by atoms with E-state index in [2.05, 4.69) is 43.0 Å². The number of fused-ring (bicyclic) bond motifs is 1. The molecule has 0 radical (unpaired) electrons. The van der Waals surface area contributed by atoms with Crippen molar-refractivity contribution < 1.29 is 5.11 Å². The van der Waals surface area contributed by atoms with Crippen LogP contribution < -0.4 is 0 Å². The minimum Gasteiger partial charge on any atom is -0.391 e. The standard InChI is InChI=1S/C16H23NO/c1-16(2)9-5-8-14(15(16)18)17-10-12-6-3-4-7-13(12)11-17/h3-4,6-7,14-15,18H,5,8-11H2,1-2H3. The van der Waals surface area contributed by atoms with Gasteiger partial charge in [0.15, 0.2) is 0 Å². The molecule has 1 aromatic rings. The van der Waals surface area contributed by atoms with Gasteiger partial charge >= 0.3 is 0 Å². The minimum absolute atomic E-state index is 0.0672. The van der Waals surface area contributed by atoms with Gasteiger partial charge in [0.2, 0.25) is 0 Å². The lowest BCUT2D eigenvalue weighted by molar-refractivity contribution is -0.0590. The van der Waals surface area contributed by atoms with Crippen LogP contribution in [-0.2, 0) is 13.1 Å². The van der Waals surface area contributed by atoms with Gasteiger partial charge in [-0.25, -0.2) is 0 Å². The van der Waals surface area contributed by atoms with Crippen molar-refractivity contribution in [3.8, 4) is 0 Å². The van der Waals surface area contributed by atoms with Crippen molar-refractivity contribution in [3.63, 3.8) is 0 Å². The van der Waals surface area contributed by atoms with Crippen LogP contribution >= 0.6 is 0 Å². The Morgan fingerprint density at radius 2 is 1.78 bits per heavy atom. The van der Waals surface area contributed by atoms with Gasteiger partial charge in [-0.3, -0.25) is 4.90 Å². The lowest BCUT2D eigenvalue weighted by Crippen LogP contribution is -2.50. The summed E-state index contributed by atoms with van der Waals surface area (Å²) in [6.45, 7) is 6.42. The molecule has 0 spiro atoms. The zero-order valence-electron chi connectivity index (χ0n) is 11.4. The average Bonchev–Trinajstić information content (AvgIpc) is 2.76. The van der Waals surface area contributed by atoms with E-state index >= 15 is 0 Å². The highest BCUT2D eigenvalue weighted by atomic mass is 16.3. The topological polar surface area (TPSA) is 23.5 Å². The van der Waals surface area contributed by atoms with Crippen molar-refractivity contribution in [1.29, 1.82) is 0 Å². The first-order chi connectivity index (χ1) is 8.58. The van der Waals surface area contributed by atoms with Crippen molar-refractivity contribution in [2.45, 2.75) is 58.3 Å². The van der Waals surface area contributed by atoms with Gasteiger partial charge in [-0.15, -0.1) is 0 Å². The molecular formula is C16H23NO. The third kappa shape index (κ3) is 1.98. The molecule has 0 amide bonds. The third-order valence-corrected chi connectivity index (χ3v) is 4.82. The Kier molecular flexibility index (Phi) is 2.95. The quantitative estimate of drug-likeness (QED) is 0.822. The van der Waals surface area contributed by atoms with Gasteiger partial charge < -0.3 is 5.11 Å². The minimum atomic E-state index is -0.194. The van der Waals surface area contributed by atoms with E-state index in [0.717, 1.165) is 25.9 Å². The van der Waals surface area contributed by atoms with Gasteiger partial charge in [-0.1, -0.05) is 44.5 Å². The monoisotopic (exact) mass is 245 g/mol. The Morgan fingerprint density at radius 3 is 2.39 bits per heavy atom. The summed E-state index contributed by atoms with van der Waals surface area (Å²) in [4.78, 5) is 2.47. The molecule has 1 aromatic carbocycles. The largest absolute Gasteiger partial charge is 0.391 e. The molecule has 2 atom stereocenters. The van der Waals surface area contributed by atoms with Crippen LogP contribution in [0.4, 0.5) is 0 Å². The Balaban J connectivity index is 1.78. The van der Waals surface area contributed by atoms with Crippen LogP contribution in [0.15, 0.2) is 24.3 Å². The highest BCUT2D eigenvalue weighted by Crippen LogP contribution is 2.39. The number of hydrogen-bond donors (Lipinski definition) is 1. The van der Waals surface area contributed by atoms with Crippen LogP contribution in [-0.4, -0.2) is 22.2 Å². The van der Waals surface area contributed by atoms with Crippen molar-refractivity contribution in [3.05, 3.63) is 35.4 Å². The predicted octanol–water partition coefficient (Wildman–Crippen LogP) is 2.94. The maximum absolute atomic E-state index is 10.6. The summed E-state index contributed by atoms with van der Waals surface area (Å²) in [6, 6.07) is 9.00. The normalized spacial score (nSPS) is 31.3. The van der Waals surface area contributed by atoms with Crippen LogP contribution in [0.25, 0.3) is 0 Å². The molecule has 2 unspecified atom stereocenters. The van der Waals surface area contributed by atoms with E-state index in [9.17, 15) is 5.11 Å². The fourth-order valence-corrected chi connectivity index (χ4v) is 3.57. The summed E-state index contributed by atoms with van der Waals surface area (Å²) in [7, 11) is 0. The second kappa shape index (κ2) is 4.36. The maximum Gasteiger partial charge on any atom is 0.0746 e. The van der Waals surface area contributed by atoms with E-state index in [-0.39, 0.29) is 11.5 Å². The summed E-state index contributed by atoms with van der Waals surface area (Å²) >= 11 is 0. The average molecular weight is 245 g/mol. The van der Waals surface area contributed by atoms with Crippen molar-refractivity contribution >= 4 is 0 Å². The molecule has 1 fully saturated rings. The van der Waals surface area contributed by atoms with E-state index in [1.54, 1.807) is 0 Å². The fraction of sp³-hybridized carbons (Fsp3) is 0.625. The molecule has 1 N–H and O–H groups in total. The van der Waals surface area contributed by atoms with Gasteiger partial charge in [0.05, 0.1) is 6.10 Å². The van der Waals surface area contributed by atoms with Crippen LogP contribution in [0.5, 0.6) is 0 Å². The lowest BCUT2D eigenvalue weighted by Gasteiger charge is -2.44. The maximum atomic E-state index is 10.6. The fourth-order valence-electron chi connectivity index (χ4n) is 3.57. The van der Waals surface area contributed by atoms with E-state index in [1.807, 2.05) is 0 Å². The van der Waals surface area contributed by atoms with E-state index in [0.29, 0.717) is 6.04 Å². The molecule has 0 bridgehead atoms. The number of hydrogen-bond acceptors (Lipinski definition) is 2. The van der Waals surface area contributed by atoms with E-state index in [1.165, 1.54) is 17.5 Å². The first-order valence-corrected chi connectivity index (χ1v) is 7.07. The highest BCUT2D eigenvalue weighted by molar-refractivity contribution is 5.30. The van der Waals surface area contributed by atoms with Crippen LogP contribution in [0.3, 0.4) is 0 Å². The molecule has 3 rings (SSSR count). The van der Waals surface area contributed by atoms with Crippen molar-refractivity contribution in [2.24, 2.45) is 5.41 Å². The predicted molar refractivity (Wildman–Crippen MR) is 73.1 cm³/mol.